The molecule has 0 bridgehead atoms. The van der Waals surface area contributed by atoms with Crippen molar-refractivity contribution in [2.75, 3.05) is 0 Å². The van der Waals surface area contributed by atoms with Crippen molar-refractivity contribution in [3.05, 3.63) is 193 Å². The second kappa shape index (κ2) is 15.0. The van der Waals surface area contributed by atoms with E-state index in [1.807, 2.05) is 120 Å². The van der Waals surface area contributed by atoms with Gasteiger partial charge in [0.15, 0.2) is 17.5 Å². The van der Waals surface area contributed by atoms with E-state index < -0.39 is 23.5 Å². The van der Waals surface area contributed by atoms with Gasteiger partial charge in [-0.05, 0) is 64.7 Å². The SMILES string of the molecule is FC(F)(F)c1ccc(-c2ccc3c4ccccc4n(-c4ccc(-c5cccc6c5sc5ccccc56)cc4-c4nc(-c5ccccc5)nc(-c5ccccc5)n4)c3c2)c(C(F)(F)F)c1. The molecule has 0 aliphatic rings. The van der Waals surface area contributed by atoms with Crippen LogP contribution in [0.15, 0.2) is 182 Å². The van der Waals surface area contributed by atoms with Crippen molar-refractivity contribution in [2.24, 2.45) is 0 Å². The molecule has 0 unspecified atom stereocenters. The summed E-state index contributed by atoms with van der Waals surface area (Å²) in [6.45, 7) is 0. The Morgan fingerprint density at radius 1 is 0.391 bits per heavy atom. The average molecular weight is 869 g/mol. The standard InChI is InChI=1S/C53H30F6N4S/c54-52(55,56)35-24-26-36(43(30-35)53(57,58)59)34-22-25-39-38-16-7-9-20-44(38)63(46(39)29-34)45-27-23-33(37-18-11-19-41-40-17-8-10-21-47(40)64-48(37)41)28-42(45)51-61-49(31-12-3-1-4-13-31)60-50(62-51)32-14-5-2-6-15-32/h1-30H. The zero-order valence-corrected chi connectivity index (χ0v) is 34.1. The summed E-state index contributed by atoms with van der Waals surface area (Å²) in [7, 11) is 0. The molecule has 0 saturated carbocycles. The molecule has 11 aromatic rings. The third kappa shape index (κ3) is 6.76. The van der Waals surface area contributed by atoms with Crippen molar-refractivity contribution in [1.82, 2.24) is 19.5 Å². The lowest BCUT2D eigenvalue weighted by atomic mass is 9.96. The number of fused-ring (bicyclic) bond motifs is 6. The molecular formula is C53H30F6N4S. The normalized spacial score (nSPS) is 12.2. The Bertz CT molecular complexity index is 3540. The minimum absolute atomic E-state index is 0.102. The monoisotopic (exact) mass is 868 g/mol. The third-order valence-corrected chi connectivity index (χ3v) is 12.7. The van der Waals surface area contributed by atoms with Gasteiger partial charge in [0, 0.05) is 47.6 Å². The molecule has 0 fully saturated rings. The fourth-order valence-electron chi connectivity index (χ4n) is 8.59. The van der Waals surface area contributed by atoms with E-state index in [2.05, 4.69) is 30.3 Å². The van der Waals surface area contributed by atoms with E-state index >= 15 is 0 Å². The van der Waals surface area contributed by atoms with Gasteiger partial charge in [0.1, 0.15) is 0 Å². The number of benzene rings is 8. The van der Waals surface area contributed by atoms with E-state index in [1.165, 1.54) is 6.07 Å². The van der Waals surface area contributed by atoms with E-state index in [0.29, 0.717) is 40.3 Å². The maximum absolute atomic E-state index is 14.6. The van der Waals surface area contributed by atoms with Crippen LogP contribution >= 0.6 is 11.3 Å². The van der Waals surface area contributed by atoms with Crippen LogP contribution in [0.3, 0.4) is 0 Å². The van der Waals surface area contributed by atoms with Crippen molar-refractivity contribution in [3.8, 4) is 62.1 Å². The summed E-state index contributed by atoms with van der Waals surface area (Å²) in [6, 6.07) is 54.0. The molecule has 64 heavy (non-hydrogen) atoms. The number of thiophene rings is 1. The van der Waals surface area contributed by atoms with Gasteiger partial charge in [-0.25, -0.2) is 15.0 Å². The lowest BCUT2D eigenvalue weighted by Crippen LogP contribution is -2.12. The first-order valence-corrected chi connectivity index (χ1v) is 21.1. The molecule has 0 aliphatic heterocycles. The summed E-state index contributed by atoms with van der Waals surface area (Å²) < 4.78 is 89.4. The summed E-state index contributed by atoms with van der Waals surface area (Å²) in [5, 5.41) is 3.83. The first-order valence-electron chi connectivity index (χ1n) is 20.2. The molecule has 0 saturated heterocycles. The largest absolute Gasteiger partial charge is 0.417 e. The fraction of sp³-hybridized carbons (Fsp3) is 0.0377. The van der Waals surface area contributed by atoms with Crippen molar-refractivity contribution in [3.63, 3.8) is 0 Å². The number of hydrogen-bond donors (Lipinski definition) is 0. The smallest absolute Gasteiger partial charge is 0.308 e. The van der Waals surface area contributed by atoms with Gasteiger partial charge in [0.05, 0.1) is 27.8 Å². The molecule has 0 N–H and O–H groups in total. The molecule has 11 heteroatoms. The van der Waals surface area contributed by atoms with Crippen LogP contribution in [0.5, 0.6) is 0 Å². The van der Waals surface area contributed by atoms with Crippen LogP contribution in [0.2, 0.25) is 0 Å². The van der Waals surface area contributed by atoms with E-state index in [4.69, 9.17) is 15.0 Å². The van der Waals surface area contributed by atoms with Gasteiger partial charge >= 0.3 is 12.4 Å². The molecular weight excluding hydrogens is 839 g/mol. The first-order chi connectivity index (χ1) is 31.0. The van der Waals surface area contributed by atoms with Crippen LogP contribution in [0.25, 0.3) is 104 Å². The molecule has 0 spiro atoms. The highest BCUT2D eigenvalue weighted by atomic mass is 32.1. The summed E-state index contributed by atoms with van der Waals surface area (Å²) in [6.07, 6.45) is -10.0. The van der Waals surface area contributed by atoms with Crippen molar-refractivity contribution >= 4 is 53.3 Å². The van der Waals surface area contributed by atoms with Gasteiger partial charge in [-0.2, -0.15) is 26.3 Å². The van der Waals surface area contributed by atoms with Crippen LogP contribution in [0, 0.1) is 0 Å². The van der Waals surface area contributed by atoms with Gasteiger partial charge in [-0.3, -0.25) is 0 Å². The third-order valence-electron chi connectivity index (χ3n) is 11.5. The highest BCUT2D eigenvalue weighted by molar-refractivity contribution is 7.26. The molecule has 0 amide bonds. The Kier molecular flexibility index (Phi) is 9.21. The maximum atomic E-state index is 14.6. The number of rotatable bonds is 6. The number of halogens is 6. The Balaban J connectivity index is 1.21. The van der Waals surface area contributed by atoms with Gasteiger partial charge in [0.2, 0.25) is 0 Å². The Hall–Kier alpha value is -7.63. The molecule has 0 radical (unpaired) electrons. The van der Waals surface area contributed by atoms with Crippen molar-refractivity contribution < 1.29 is 26.3 Å². The molecule has 310 valence electrons. The highest BCUT2D eigenvalue weighted by Gasteiger charge is 2.38. The lowest BCUT2D eigenvalue weighted by molar-refractivity contribution is -0.142. The fourth-order valence-corrected chi connectivity index (χ4v) is 9.82. The number of aromatic nitrogens is 4. The van der Waals surface area contributed by atoms with Gasteiger partial charge in [-0.15, -0.1) is 11.3 Å². The van der Waals surface area contributed by atoms with Crippen molar-refractivity contribution in [1.29, 1.82) is 0 Å². The summed E-state index contributed by atoms with van der Waals surface area (Å²) in [5.74, 6) is 1.25. The zero-order chi connectivity index (χ0) is 43.7. The number of hydrogen-bond acceptors (Lipinski definition) is 4. The quantitative estimate of drug-likeness (QED) is 0.156. The van der Waals surface area contributed by atoms with E-state index in [9.17, 15) is 26.3 Å². The summed E-state index contributed by atoms with van der Waals surface area (Å²) in [5.41, 5.74) is 2.94. The zero-order valence-electron chi connectivity index (χ0n) is 33.3. The van der Waals surface area contributed by atoms with Crippen molar-refractivity contribution in [2.45, 2.75) is 12.4 Å². The van der Waals surface area contributed by atoms with E-state index in [1.54, 1.807) is 23.5 Å². The van der Waals surface area contributed by atoms with Crippen LogP contribution in [-0.4, -0.2) is 19.5 Å². The summed E-state index contributed by atoms with van der Waals surface area (Å²) in [4.78, 5) is 15.2. The van der Waals surface area contributed by atoms with Gasteiger partial charge in [0.25, 0.3) is 0 Å². The molecule has 0 atom stereocenters. The van der Waals surface area contributed by atoms with Crippen LogP contribution in [0.1, 0.15) is 11.1 Å². The topological polar surface area (TPSA) is 43.6 Å². The molecule has 0 aliphatic carbocycles. The molecule has 11 rings (SSSR count). The second-order valence-corrected chi connectivity index (χ2v) is 16.4. The second-order valence-electron chi connectivity index (χ2n) is 15.4. The Morgan fingerprint density at radius 3 is 1.69 bits per heavy atom. The van der Waals surface area contributed by atoms with Gasteiger partial charge in [-0.1, -0.05) is 140 Å². The minimum Gasteiger partial charge on any atom is -0.308 e. The number of nitrogens with zero attached hydrogens (tertiary/aromatic N) is 4. The van der Waals surface area contributed by atoms with Gasteiger partial charge < -0.3 is 4.57 Å². The Labute approximate surface area is 365 Å². The first kappa shape index (κ1) is 39.2. The van der Waals surface area contributed by atoms with E-state index in [0.717, 1.165) is 64.8 Å². The molecule has 4 nitrogen and oxygen atoms in total. The predicted octanol–water partition coefficient (Wildman–Crippen LogP) is 15.7. The van der Waals surface area contributed by atoms with Crippen LogP contribution in [-0.2, 0) is 12.4 Å². The minimum atomic E-state index is -5.07. The number of alkyl halides is 6. The number of para-hydroxylation sites is 1. The summed E-state index contributed by atoms with van der Waals surface area (Å²) >= 11 is 1.71. The highest BCUT2D eigenvalue weighted by Crippen LogP contribution is 2.45. The van der Waals surface area contributed by atoms with E-state index in [-0.39, 0.29) is 17.2 Å². The lowest BCUT2D eigenvalue weighted by Gasteiger charge is -2.18. The maximum Gasteiger partial charge on any atom is 0.417 e. The van der Waals surface area contributed by atoms with Crippen LogP contribution in [0.4, 0.5) is 26.3 Å². The molecule has 8 aromatic carbocycles. The Morgan fingerprint density at radius 2 is 0.984 bits per heavy atom. The molecule has 3 aromatic heterocycles. The molecule has 3 heterocycles. The average Bonchev–Trinajstić information content (AvgIpc) is 3.87. The van der Waals surface area contributed by atoms with Crippen LogP contribution < -0.4 is 0 Å². The predicted molar refractivity (Wildman–Crippen MR) is 244 cm³/mol.